The van der Waals surface area contributed by atoms with Gasteiger partial charge >= 0.3 is 0 Å². The lowest BCUT2D eigenvalue weighted by Gasteiger charge is -2.33. The number of carbonyl (C=O) groups is 2. The Hall–Kier alpha value is -3.85. The lowest BCUT2D eigenvalue weighted by molar-refractivity contribution is -0.140. The van der Waals surface area contributed by atoms with Crippen molar-refractivity contribution in [3.63, 3.8) is 0 Å². The number of hydrogen-bond donors (Lipinski definition) is 1. The predicted molar refractivity (Wildman–Crippen MR) is 149 cm³/mol. The van der Waals surface area contributed by atoms with Crippen molar-refractivity contribution in [2.45, 2.75) is 32.9 Å². The zero-order valence-electron chi connectivity index (χ0n) is 22.0. The zero-order chi connectivity index (χ0) is 27.5. The first-order chi connectivity index (χ1) is 18.2. The molecule has 0 aromatic heterocycles. The van der Waals surface area contributed by atoms with Crippen LogP contribution in [-0.4, -0.2) is 57.1 Å². The highest BCUT2D eigenvalue weighted by Gasteiger charge is 2.32. The smallest absolute Gasteiger partial charge is 0.244 e. The molecule has 202 valence electrons. The van der Waals surface area contributed by atoms with E-state index in [0.717, 1.165) is 21.7 Å². The third-order valence-corrected chi connectivity index (χ3v) is 7.07. The number of hydrogen-bond acceptors (Lipinski definition) is 5. The van der Waals surface area contributed by atoms with E-state index in [9.17, 15) is 18.0 Å². The third-order valence-electron chi connectivity index (χ3n) is 5.93. The minimum atomic E-state index is -3.82. The first-order valence-electron chi connectivity index (χ1n) is 12.6. The monoisotopic (exact) mass is 537 g/mol. The van der Waals surface area contributed by atoms with E-state index in [1.54, 1.807) is 24.3 Å². The molecule has 0 unspecified atom stereocenters. The van der Waals surface area contributed by atoms with Crippen LogP contribution in [0.5, 0.6) is 5.75 Å². The Bertz CT molecular complexity index is 1280. The van der Waals surface area contributed by atoms with Gasteiger partial charge in [-0.15, -0.1) is 0 Å². The van der Waals surface area contributed by atoms with E-state index in [1.165, 1.54) is 4.90 Å². The topological polar surface area (TPSA) is 96.0 Å². The minimum absolute atomic E-state index is 0.148. The summed E-state index contributed by atoms with van der Waals surface area (Å²) in [4.78, 5) is 28.7. The highest BCUT2D eigenvalue weighted by atomic mass is 32.2. The normalized spacial score (nSPS) is 11.9. The number of sulfonamides is 1. The average Bonchev–Trinajstić information content (AvgIpc) is 2.90. The Balaban J connectivity index is 1.99. The van der Waals surface area contributed by atoms with Gasteiger partial charge in [0.15, 0.2) is 0 Å². The molecular weight excluding hydrogens is 502 g/mol. The van der Waals surface area contributed by atoms with Crippen molar-refractivity contribution in [2.75, 3.05) is 30.3 Å². The molecule has 3 rings (SSSR count). The van der Waals surface area contributed by atoms with Crippen molar-refractivity contribution in [2.24, 2.45) is 0 Å². The van der Waals surface area contributed by atoms with E-state index in [1.807, 2.05) is 74.5 Å². The molecular formula is C29H35N3O5S. The highest BCUT2D eigenvalue weighted by molar-refractivity contribution is 7.92. The molecule has 0 aliphatic rings. The van der Waals surface area contributed by atoms with Crippen LogP contribution in [0, 0.1) is 0 Å². The number of anilines is 1. The number of rotatable bonds is 13. The van der Waals surface area contributed by atoms with Crippen molar-refractivity contribution in [3.05, 3.63) is 96.1 Å². The standard InChI is InChI=1S/C29H35N3O5S/c1-4-30-29(34)27(20-23-12-8-6-9-13-23)31(21-24-14-10-7-11-15-24)28(33)22-32(38(3,35)36)25-16-18-26(19-17-25)37-5-2/h6-19,27H,4-5,20-22H2,1-3H3,(H,30,34)/t27-/m1/s1. The van der Waals surface area contributed by atoms with Crippen LogP contribution in [0.4, 0.5) is 5.69 Å². The van der Waals surface area contributed by atoms with E-state index in [4.69, 9.17) is 4.74 Å². The van der Waals surface area contributed by atoms with Crippen LogP contribution in [0.2, 0.25) is 0 Å². The fourth-order valence-corrected chi connectivity index (χ4v) is 4.96. The summed E-state index contributed by atoms with van der Waals surface area (Å²) in [6.07, 6.45) is 1.34. The Labute approximate surface area is 225 Å². The summed E-state index contributed by atoms with van der Waals surface area (Å²) in [7, 11) is -3.82. The Morgan fingerprint density at radius 2 is 1.45 bits per heavy atom. The van der Waals surface area contributed by atoms with Crippen LogP contribution in [0.1, 0.15) is 25.0 Å². The molecule has 38 heavy (non-hydrogen) atoms. The minimum Gasteiger partial charge on any atom is -0.494 e. The molecule has 3 aromatic rings. The van der Waals surface area contributed by atoms with E-state index in [2.05, 4.69) is 5.32 Å². The van der Waals surface area contributed by atoms with Crippen molar-refractivity contribution in [1.82, 2.24) is 10.2 Å². The lowest BCUT2D eigenvalue weighted by Crippen LogP contribution is -2.53. The van der Waals surface area contributed by atoms with Gasteiger partial charge in [0, 0.05) is 19.5 Å². The molecule has 0 fully saturated rings. The zero-order valence-corrected chi connectivity index (χ0v) is 22.9. The predicted octanol–water partition coefficient (Wildman–Crippen LogP) is 3.63. The van der Waals surface area contributed by atoms with E-state index in [-0.39, 0.29) is 18.9 Å². The summed E-state index contributed by atoms with van der Waals surface area (Å²) in [5.41, 5.74) is 2.05. The van der Waals surface area contributed by atoms with Gasteiger partial charge < -0.3 is 15.0 Å². The summed E-state index contributed by atoms with van der Waals surface area (Å²) in [5, 5.41) is 2.84. The molecule has 0 radical (unpaired) electrons. The largest absolute Gasteiger partial charge is 0.494 e. The maximum atomic E-state index is 13.9. The maximum Gasteiger partial charge on any atom is 0.244 e. The van der Waals surface area contributed by atoms with E-state index < -0.39 is 28.5 Å². The van der Waals surface area contributed by atoms with Gasteiger partial charge in [-0.3, -0.25) is 13.9 Å². The molecule has 0 saturated heterocycles. The first kappa shape index (κ1) is 28.7. The number of nitrogens with one attached hydrogen (secondary N) is 1. The van der Waals surface area contributed by atoms with Gasteiger partial charge in [0.05, 0.1) is 18.6 Å². The molecule has 0 aliphatic heterocycles. The maximum absolute atomic E-state index is 13.9. The SMILES string of the molecule is CCNC(=O)[C@@H](Cc1ccccc1)N(Cc1ccccc1)C(=O)CN(c1ccc(OCC)cc1)S(C)(=O)=O. The highest BCUT2D eigenvalue weighted by Crippen LogP contribution is 2.23. The molecule has 0 aliphatic carbocycles. The molecule has 3 aromatic carbocycles. The van der Waals surface area contributed by atoms with Crippen LogP contribution in [-0.2, 0) is 32.6 Å². The fraction of sp³-hybridized carbons (Fsp3) is 0.310. The Kier molecular flexibility index (Phi) is 10.3. The van der Waals surface area contributed by atoms with E-state index >= 15 is 0 Å². The van der Waals surface area contributed by atoms with Gasteiger partial charge in [-0.1, -0.05) is 60.7 Å². The summed E-state index contributed by atoms with van der Waals surface area (Å²) in [5.74, 6) is -0.186. The third kappa shape index (κ3) is 8.08. The summed E-state index contributed by atoms with van der Waals surface area (Å²) < 4.78 is 32.1. The quantitative estimate of drug-likeness (QED) is 0.359. The van der Waals surface area contributed by atoms with Gasteiger partial charge in [-0.05, 0) is 49.2 Å². The number of carbonyl (C=O) groups excluding carboxylic acids is 2. The fourth-order valence-electron chi connectivity index (χ4n) is 4.12. The van der Waals surface area contributed by atoms with Gasteiger partial charge in [0.2, 0.25) is 21.8 Å². The lowest BCUT2D eigenvalue weighted by atomic mass is 10.0. The second kappa shape index (κ2) is 13.6. The van der Waals surface area contributed by atoms with Crippen LogP contribution in [0.3, 0.4) is 0 Å². The number of amides is 2. The van der Waals surface area contributed by atoms with Crippen molar-refractivity contribution < 1.29 is 22.7 Å². The summed E-state index contributed by atoms with van der Waals surface area (Å²) in [6.45, 7) is 4.25. The number of ether oxygens (including phenoxy) is 1. The Morgan fingerprint density at radius 3 is 1.97 bits per heavy atom. The van der Waals surface area contributed by atoms with Crippen molar-refractivity contribution in [1.29, 1.82) is 0 Å². The first-order valence-corrected chi connectivity index (χ1v) is 14.4. The molecule has 0 saturated carbocycles. The van der Waals surface area contributed by atoms with Crippen LogP contribution in [0.25, 0.3) is 0 Å². The van der Waals surface area contributed by atoms with Crippen LogP contribution >= 0.6 is 0 Å². The number of nitrogens with zero attached hydrogens (tertiary/aromatic N) is 2. The van der Waals surface area contributed by atoms with Gasteiger partial charge in [-0.25, -0.2) is 8.42 Å². The van der Waals surface area contributed by atoms with Crippen LogP contribution in [0.15, 0.2) is 84.9 Å². The van der Waals surface area contributed by atoms with Gasteiger partial charge in [0.25, 0.3) is 0 Å². The van der Waals surface area contributed by atoms with Crippen molar-refractivity contribution >= 4 is 27.5 Å². The Morgan fingerprint density at radius 1 is 0.868 bits per heavy atom. The summed E-state index contributed by atoms with van der Waals surface area (Å²) in [6, 6.07) is 24.5. The second-order valence-corrected chi connectivity index (χ2v) is 10.7. The average molecular weight is 538 g/mol. The molecule has 9 heteroatoms. The molecule has 0 heterocycles. The molecule has 0 bridgehead atoms. The molecule has 1 atom stereocenters. The van der Waals surface area contributed by atoms with E-state index in [0.29, 0.717) is 24.6 Å². The van der Waals surface area contributed by atoms with Gasteiger partial charge in [0.1, 0.15) is 18.3 Å². The van der Waals surface area contributed by atoms with Gasteiger partial charge in [-0.2, -0.15) is 0 Å². The molecule has 8 nitrogen and oxygen atoms in total. The summed E-state index contributed by atoms with van der Waals surface area (Å²) >= 11 is 0. The number of likely N-dealkylation sites (N-methyl/N-ethyl adjacent to an activating group) is 1. The van der Waals surface area contributed by atoms with Crippen molar-refractivity contribution in [3.8, 4) is 5.75 Å². The second-order valence-electron chi connectivity index (χ2n) is 8.80. The molecule has 2 amide bonds. The molecule has 0 spiro atoms. The van der Waals surface area contributed by atoms with Crippen LogP contribution < -0.4 is 14.4 Å². The molecule has 1 N–H and O–H groups in total. The number of benzene rings is 3.